The van der Waals surface area contributed by atoms with Crippen molar-refractivity contribution >= 4 is 5.69 Å². The van der Waals surface area contributed by atoms with Gasteiger partial charge in [0.05, 0.1) is 25.0 Å². The van der Waals surface area contributed by atoms with Crippen molar-refractivity contribution in [3.63, 3.8) is 0 Å². The molecule has 0 amide bonds. The number of rotatable bonds is 6. The molecule has 0 aliphatic carbocycles. The Kier molecular flexibility index (Phi) is 4.77. The van der Waals surface area contributed by atoms with E-state index in [0.29, 0.717) is 5.69 Å². The van der Waals surface area contributed by atoms with Gasteiger partial charge in [-0.05, 0) is 19.9 Å². The van der Waals surface area contributed by atoms with Crippen LogP contribution < -0.4 is 10.1 Å². The number of alkyl halides is 2. The number of ether oxygens (including phenoxy) is 1. The van der Waals surface area contributed by atoms with Crippen LogP contribution in [0.1, 0.15) is 24.1 Å². The predicted molar refractivity (Wildman–Crippen MR) is 78.0 cm³/mol. The number of anilines is 1. The van der Waals surface area contributed by atoms with E-state index in [1.165, 1.54) is 4.68 Å². The fourth-order valence-corrected chi connectivity index (χ4v) is 2.20. The lowest BCUT2D eigenvalue weighted by molar-refractivity contribution is 0.122. The lowest BCUT2D eigenvalue weighted by Crippen LogP contribution is -2.09. The summed E-state index contributed by atoms with van der Waals surface area (Å²) in [7, 11) is 1.63. The van der Waals surface area contributed by atoms with Crippen LogP contribution in [-0.4, -0.2) is 23.3 Å². The van der Waals surface area contributed by atoms with Gasteiger partial charge in [-0.15, -0.1) is 0 Å². The zero-order valence-electron chi connectivity index (χ0n) is 12.3. The van der Waals surface area contributed by atoms with Crippen LogP contribution in [0.25, 0.3) is 0 Å². The van der Waals surface area contributed by atoms with Crippen molar-refractivity contribution in [3.8, 4) is 5.75 Å². The second-order valence-corrected chi connectivity index (χ2v) is 4.95. The van der Waals surface area contributed by atoms with E-state index in [2.05, 4.69) is 10.4 Å². The van der Waals surface area contributed by atoms with Gasteiger partial charge in [0.1, 0.15) is 12.3 Å². The third-order valence-electron chi connectivity index (χ3n) is 3.19. The Morgan fingerprint density at radius 3 is 2.81 bits per heavy atom. The fraction of sp³-hybridized carbons (Fsp3) is 0.400. The van der Waals surface area contributed by atoms with Gasteiger partial charge in [-0.25, -0.2) is 8.78 Å². The summed E-state index contributed by atoms with van der Waals surface area (Å²) < 4.78 is 31.2. The SMILES string of the molecule is COc1ccc(C)cc1C(C)Nc1cnn(CC(F)F)c1. The third-order valence-corrected chi connectivity index (χ3v) is 3.19. The maximum absolute atomic E-state index is 12.3. The molecule has 0 radical (unpaired) electrons. The molecule has 1 aromatic carbocycles. The molecule has 4 nitrogen and oxygen atoms in total. The maximum atomic E-state index is 12.3. The molecule has 1 N–H and O–H groups in total. The number of methoxy groups -OCH3 is 1. The maximum Gasteiger partial charge on any atom is 0.257 e. The summed E-state index contributed by atoms with van der Waals surface area (Å²) in [6.45, 7) is 3.60. The highest BCUT2D eigenvalue weighted by Gasteiger charge is 2.13. The standard InChI is InChI=1S/C15H19F2N3O/c1-10-4-5-14(21-3)13(6-10)11(2)19-12-7-18-20(8-12)9-15(16)17/h4-8,11,15,19H,9H2,1-3H3. The molecule has 0 saturated heterocycles. The monoisotopic (exact) mass is 295 g/mol. The van der Waals surface area contributed by atoms with Gasteiger partial charge in [0.15, 0.2) is 0 Å². The highest BCUT2D eigenvalue weighted by molar-refractivity contribution is 5.46. The predicted octanol–water partition coefficient (Wildman–Crippen LogP) is 3.64. The fourth-order valence-electron chi connectivity index (χ4n) is 2.20. The van der Waals surface area contributed by atoms with Gasteiger partial charge in [0.25, 0.3) is 6.43 Å². The normalized spacial score (nSPS) is 12.5. The van der Waals surface area contributed by atoms with Crippen LogP contribution in [0, 0.1) is 6.92 Å². The number of halogens is 2. The number of aryl methyl sites for hydroxylation is 1. The first-order chi connectivity index (χ1) is 9.99. The van der Waals surface area contributed by atoms with E-state index in [9.17, 15) is 8.78 Å². The first-order valence-corrected chi connectivity index (χ1v) is 6.71. The molecule has 1 atom stereocenters. The molecule has 21 heavy (non-hydrogen) atoms. The number of aromatic nitrogens is 2. The molecule has 0 bridgehead atoms. The second-order valence-electron chi connectivity index (χ2n) is 4.95. The first-order valence-electron chi connectivity index (χ1n) is 6.71. The van der Waals surface area contributed by atoms with E-state index >= 15 is 0 Å². The minimum atomic E-state index is -2.41. The van der Waals surface area contributed by atoms with Gasteiger partial charge in [-0.1, -0.05) is 17.7 Å². The number of hydrogen-bond acceptors (Lipinski definition) is 3. The Hall–Kier alpha value is -2.11. The summed E-state index contributed by atoms with van der Waals surface area (Å²) in [5, 5.41) is 7.15. The number of hydrogen-bond donors (Lipinski definition) is 1. The second kappa shape index (κ2) is 6.56. The largest absolute Gasteiger partial charge is 0.496 e. The molecule has 1 unspecified atom stereocenters. The van der Waals surface area contributed by atoms with Gasteiger partial charge in [0, 0.05) is 11.8 Å². The van der Waals surface area contributed by atoms with Gasteiger partial charge >= 0.3 is 0 Å². The molecular formula is C15H19F2N3O. The van der Waals surface area contributed by atoms with Gasteiger partial charge in [-0.3, -0.25) is 4.68 Å². The minimum absolute atomic E-state index is 0.0240. The molecule has 0 aliphatic rings. The van der Waals surface area contributed by atoms with E-state index in [0.717, 1.165) is 16.9 Å². The van der Waals surface area contributed by atoms with Crippen LogP contribution in [0.4, 0.5) is 14.5 Å². The highest BCUT2D eigenvalue weighted by Crippen LogP contribution is 2.28. The molecule has 0 saturated carbocycles. The van der Waals surface area contributed by atoms with Crippen molar-refractivity contribution in [3.05, 3.63) is 41.7 Å². The molecular weight excluding hydrogens is 276 g/mol. The summed E-state index contributed by atoms with van der Waals surface area (Å²) >= 11 is 0. The molecule has 114 valence electrons. The zero-order valence-corrected chi connectivity index (χ0v) is 12.3. The van der Waals surface area contributed by atoms with Crippen LogP contribution in [0.15, 0.2) is 30.6 Å². The van der Waals surface area contributed by atoms with Crippen molar-refractivity contribution in [2.75, 3.05) is 12.4 Å². The van der Waals surface area contributed by atoms with Crippen molar-refractivity contribution < 1.29 is 13.5 Å². The molecule has 2 aromatic rings. The van der Waals surface area contributed by atoms with Crippen LogP contribution in [-0.2, 0) is 6.54 Å². The molecule has 2 rings (SSSR count). The quantitative estimate of drug-likeness (QED) is 0.884. The Morgan fingerprint density at radius 2 is 2.14 bits per heavy atom. The number of benzene rings is 1. The third kappa shape index (κ3) is 3.93. The van der Waals surface area contributed by atoms with Crippen molar-refractivity contribution in [2.24, 2.45) is 0 Å². The van der Waals surface area contributed by atoms with E-state index in [1.54, 1.807) is 19.5 Å². The molecule has 1 aromatic heterocycles. The van der Waals surface area contributed by atoms with Gasteiger partial charge in [-0.2, -0.15) is 5.10 Å². The van der Waals surface area contributed by atoms with E-state index in [1.807, 2.05) is 32.0 Å². The lowest BCUT2D eigenvalue weighted by atomic mass is 10.0. The van der Waals surface area contributed by atoms with Gasteiger partial charge in [0.2, 0.25) is 0 Å². The van der Waals surface area contributed by atoms with E-state index in [-0.39, 0.29) is 6.04 Å². The Balaban J connectivity index is 2.12. The minimum Gasteiger partial charge on any atom is -0.496 e. The average molecular weight is 295 g/mol. The zero-order chi connectivity index (χ0) is 15.4. The summed E-state index contributed by atoms with van der Waals surface area (Å²) in [5.74, 6) is 0.792. The van der Waals surface area contributed by atoms with Crippen LogP contribution in [0.5, 0.6) is 5.75 Å². The summed E-state index contributed by atoms with van der Waals surface area (Å²) in [5.41, 5.74) is 2.85. The summed E-state index contributed by atoms with van der Waals surface area (Å²) in [6.07, 6.45) is 0.707. The number of nitrogens with one attached hydrogen (secondary N) is 1. The van der Waals surface area contributed by atoms with Crippen LogP contribution >= 0.6 is 0 Å². The molecule has 0 aliphatic heterocycles. The molecule has 0 fully saturated rings. The Labute approximate surface area is 122 Å². The topological polar surface area (TPSA) is 39.1 Å². The van der Waals surface area contributed by atoms with E-state index < -0.39 is 13.0 Å². The lowest BCUT2D eigenvalue weighted by Gasteiger charge is -2.18. The number of nitrogens with zero attached hydrogens (tertiary/aromatic N) is 2. The smallest absolute Gasteiger partial charge is 0.257 e. The van der Waals surface area contributed by atoms with Crippen molar-refractivity contribution in [1.29, 1.82) is 0 Å². The summed E-state index contributed by atoms with van der Waals surface area (Å²) in [6, 6.07) is 5.92. The molecule has 1 heterocycles. The molecule has 6 heteroatoms. The Morgan fingerprint density at radius 1 is 1.38 bits per heavy atom. The van der Waals surface area contributed by atoms with Crippen molar-refractivity contribution in [1.82, 2.24) is 9.78 Å². The van der Waals surface area contributed by atoms with E-state index in [4.69, 9.17) is 4.74 Å². The average Bonchev–Trinajstić information content (AvgIpc) is 2.85. The van der Waals surface area contributed by atoms with Crippen LogP contribution in [0.3, 0.4) is 0 Å². The molecule has 0 spiro atoms. The first kappa shape index (κ1) is 15.3. The van der Waals surface area contributed by atoms with Gasteiger partial charge < -0.3 is 10.1 Å². The van der Waals surface area contributed by atoms with Crippen molar-refractivity contribution in [2.45, 2.75) is 32.9 Å². The highest BCUT2D eigenvalue weighted by atomic mass is 19.3. The summed E-state index contributed by atoms with van der Waals surface area (Å²) in [4.78, 5) is 0. The van der Waals surface area contributed by atoms with Crippen LogP contribution in [0.2, 0.25) is 0 Å². The Bertz CT molecular complexity index is 598.